The van der Waals surface area contributed by atoms with Crippen LogP contribution in [0.25, 0.3) is 10.8 Å². The van der Waals surface area contributed by atoms with E-state index >= 15 is 0 Å². The number of carbonyl (C=O) groups is 4. The van der Waals surface area contributed by atoms with Crippen molar-refractivity contribution in [3.05, 3.63) is 42.4 Å². The fourth-order valence-electron chi connectivity index (χ4n) is 7.86. The van der Waals surface area contributed by atoms with E-state index in [2.05, 4.69) is 15.6 Å². The molecular weight excluding hydrogens is 829 g/mol. The van der Waals surface area contributed by atoms with Crippen LogP contribution < -0.4 is 24.8 Å². The molecule has 0 unspecified atom stereocenters. The van der Waals surface area contributed by atoms with Crippen LogP contribution in [0.5, 0.6) is 11.6 Å². The highest BCUT2D eigenvalue weighted by Gasteiger charge is 2.66. The Morgan fingerprint density at radius 2 is 1.80 bits per heavy atom. The first-order valence-corrected chi connectivity index (χ1v) is 20.9. The fraction of sp³-hybridized carbons (Fsp3) is 0.615. The van der Waals surface area contributed by atoms with E-state index in [0.717, 1.165) is 11.0 Å². The zero-order valence-electron chi connectivity index (χ0n) is 33.4. The third kappa shape index (κ3) is 8.68. The van der Waals surface area contributed by atoms with Gasteiger partial charge in [-0.15, -0.1) is 0 Å². The zero-order chi connectivity index (χ0) is 44.2. The standard InChI is InChI=1S/C39H47F6N5O9S/c1-20-8-6-7-9-23-18-38(23,34(53)49-60(55,56)37(11-12-37)33(41)42)48-30(51)27-16-24(58-31-25-17-26(40)28(57-5)15-22(25)10-13-46-31)19-50(27)32(52)29(21(2)14-20)47-35(54)59-36(3,4)39(43,44)45/h7,9-10,13,15,17,20-21,23-24,27,29,33H,6,8,11-12,14,16,18-19H2,1-5H3,(H,47,54)(H,48,51)(H,49,53)/b9-7-/t20-,21+,23+,24+,27-,29-,38+/m0/s1. The van der Waals surface area contributed by atoms with Crippen molar-refractivity contribution in [2.45, 2.75) is 119 Å². The summed E-state index contributed by atoms with van der Waals surface area (Å²) < 4.78 is 125. The van der Waals surface area contributed by atoms with Crippen molar-refractivity contribution in [3.8, 4) is 11.6 Å². The number of aromatic nitrogens is 1. The maximum atomic E-state index is 14.9. The molecule has 60 heavy (non-hydrogen) atoms. The number of amides is 4. The lowest BCUT2D eigenvalue weighted by Crippen LogP contribution is -2.60. The van der Waals surface area contributed by atoms with Gasteiger partial charge in [0.15, 0.2) is 16.3 Å². The summed E-state index contributed by atoms with van der Waals surface area (Å²) in [5.41, 5.74) is -4.89. The van der Waals surface area contributed by atoms with Crippen molar-refractivity contribution < 1.29 is 68.1 Å². The molecule has 2 saturated carbocycles. The molecule has 6 rings (SSSR count). The Bertz CT molecular complexity index is 2170. The number of nitrogens with zero attached hydrogens (tertiary/aromatic N) is 2. The Morgan fingerprint density at radius 3 is 2.43 bits per heavy atom. The van der Waals surface area contributed by atoms with Crippen LogP contribution in [0.2, 0.25) is 0 Å². The smallest absolute Gasteiger partial charge is 0.427 e. The molecule has 1 aromatic carbocycles. The van der Waals surface area contributed by atoms with Gasteiger partial charge in [-0.05, 0) is 87.8 Å². The number of alkyl carbamates (subject to hydrolysis) is 1. The Morgan fingerprint density at radius 1 is 1.10 bits per heavy atom. The number of carbonyl (C=O) groups excluding carboxylic acids is 4. The van der Waals surface area contributed by atoms with E-state index in [1.54, 1.807) is 29.9 Å². The Balaban J connectivity index is 1.36. The van der Waals surface area contributed by atoms with Gasteiger partial charge >= 0.3 is 12.3 Å². The molecule has 3 fully saturated rings. The van der Waals surface area contributed by atoms with Crippen molar-refractivity contribution in [1.82, 2.24) is 25.2 Å². The number of sulfonamides is 1. The van der Waals surface area contributed by atoms with Gasteiger partial charge in [-0.1, -0.05) is 26.0 Å². The van der Waals surface area contributed by atoms with Gasteiger partial charge in [0.05, 0.1) is 13.7 Å². The highest BCUT2D eigenvalue weighted by Crippen LogP contribution is 2.50. The van der Waals surface area contributed by atoms with Gasteiger partial charge < -0.3 is 29.7 Å². The molecule has 14 nitrogen and oxygen atoms in total. The van der Waals surface area contributed by atoms with E-state index in [1.165, 1.54) is 19.4 Å². The van der Waals surface area contributed by atoms with E-state index in [4.69, 9.17) is 14.2 Å². The lowest BCUT2D eigenvalue weighted by molar-refractivity contribution is -0.244. The number of alkyl halides is 5. The largest absolute Gasteiger partial charge is 0.494 e. The van der Waals surface area contributed by atoms with E-state index in [1.807, 2.05) is 6.92 Å². The number of halogens is 6. The van der Waals surface area contributed by atoms with Crippen LogP contribution in [0, 0.1) is 23.6 Å². The molecule has 4 amide bonds. The summed E-state index contributed by atoms with van der Waals surface area (Å²) >= 11 is 0. The van der Waals surface area contributed by atoms with Crippen molar-refractivity contribution in [2.24, 2.45) is 17.8 Å². The van der Waals surface area contributed by atoms with Crippen LogP contribution in [0.15, 0.2) is 36.5 Å². The quantitative estimate of drug-likeness (QED) is 0.221. The number of hydrogen-bond donors (Lipinski definition) is 3. The van der Waals surface area contributed by atoms with Crippen LogP contribution in [0.4, 0.5) is 31.1 Å². The van der Waals surface area contributed by atoms with Crippen LogP contribution in [-0.2, 0) is 29.1 Å². The van der Waals surface area contributed by atoms with Crippen molar-refractivity contribution in [1.29, 1.82) is 0 Å². The number of nitrogens with one attached hydrogen (secondary N) is 3. The van der Waals surface area contributed by atoms with Crippen LogP contribution in [0.3, 0.4) is 0 Å². The number of benzene rings is 1. The zero-order valence-corrected chi connectivity index (χ0v) is 34.2. The van der Waals surface area contributed by atoms with Gasteiger partial charge in [0.1, 0.15) is 23.7 Å². The minimum atomic E-state index is -4.98. The molecule has 7 atom stereocenters. The minimum Gasteiger partial charge on any atom is -0.494 e. The van der Waals surface area contributed by atoms with Gasteiger partial charge in [0.2, 0.25) is 33.3 Å². The number of ether oxygens (including phenoxy) is 3. The average molecular weight is 876 g/mol. The summed E-state index contributed by atoms with van der Waals surface area (Å²) in [6, 6.07) is 1.02. The second-order valence-corrected chi connectivity index (χ2v) is 18.7. The second kappa shape index (κ2) is 16.2. The molecular formula is C39H47F6N5O9S. The van der Waals surface area contributed by atoms with E-state index < -0.39 is 98.2 Å². The maximum absolute atomic E-state index is 14.9. The average Bonchev–Trinajstić information content (AvgIpc) is 4.06. The first kappa shape index (κ1) is 44.7. The molecule has 0 spiro atoms. The monoisotopic (exact) mass is 875 g/mol. The predicted molar refractivity (Wildman–Crippen MR) is 202 cm³/mol. The van der Waals surface area contributed by atoms with Gasteiger partial charge in [0, 0.05) is 23.9 Å². The molecule has 3 heterocycles. The summed E-state index contributed by atoms with van der Waals surface area (Å²) in [6.45, 7) is 4.34. The Kier molecular flexibility index (Phi) is 12.1. The first-order chi connectivity index (χ1) is 27.9. The van der Waals surface area contributed by atoms with Crippen LogP contribution in [0.1, 0.15) is 72.6 Å². The van der Waals surface area contributed by atoms with Crippen LogP contribution in [-0.4, -0.2) is 102 Å². The van der Waals surface area contributed by atoms with Gasteiger partial charge in [-0.3, -0.25) is 19.1 Å². The molecule has 2 aliphatic carbocycles. The highest BCUT2D eigenvalue weighted by atomic mass is 32.2. The molecule has 0 radical (unpaired) electrons. The number of methoxy groups -OCH3 is 1. The minimum absolute atomic E-state index is 0.0617. The van der Waals surface area contributed by atoms with Gasteiger partial charge in [0.25, 0.3) is 12.3 Å². The third-order valence-corrected chi connectivity index (χ3v) is 14.0. The van der Waals surface area contributed by atoms with Gasteiger partial charge in [-0.25, -0.2) is 31.4 Å². The number of pyridine rings is 1. The van der Waals surface area contributed by atoms with Crippen molar-refractivity contribution >= 4 is 44.6 Å². The second-order valence-electron chi connectivity index (χ2n) is 16.7. The summed E-state index contributed by atoms with van der Waals surface area (Å²) in [7, 11) is -3.63. The molecule has 330 valence electrons. The number of hydrogen-bond acceptors (Lipinski definition) is 10. The molecule has 1 saturated heterocycles. The SMILES string of the molecule is COc1cc2ccnc(O[C@@H]3C[C@H]4C(=O)N[C@]5(C(=O)NS(=O)(=O)C6(C(F)F)CC6)C[C@H]5/C=C\CC[C@H](C)C[C@@H](C)[C@H](NC(=O)OC(C)(C)C(F)(F)F)C(=O)N4C3)c2cc1F. The lowest BCUT2D eigenvalue weighted by Gasteiger charge is -2.34. The molecule has 2 aromatic rings. The van der Waals surface area contributed by atoms with E-state index in [-0.39, 0.29) is 61.6 Å². The predicted octanol–water partition coefficient (Wildman–Crippen LogP) is 5.30. The maximum Gasteiger partial charge on any atom is 0.427 e. The molecule has 0 bridgehead atoms. The normalized spacial score (nSPS) is 29.0. The van der Waals surface area contributed by atoms with Gasteiger partial charge in [-0.2, -0.15) is 13.2 Å². The Hall–Kier alpha value is -4.82. The van der Waals surface area contributed by atoms with Crippen LogP contribution >= 0.6 is 0 Å². The number of allylic oxidation sites excluding steroid dienone is 1. The molecule has 21 heteroatoms. The summed E-state index contributed by atoms with van der Waals surface area (Å²) in [6.07, 6.45) is -6.17. The summed E-state index contributed by atoms with van der Waals surface area (Å²) in [4.78, 5) is 61.4. The number of fused-ring (bicyclic) bond motifs is 3. The first-order valence-electron chi connectivity index (χ1n) is 19.4. The molecule has 4 aliphatic rings. The van der Waals surface area contributed by atoms with E-state index in [0.29, 0.717) is 32.1 Å². The van der Waals surface area contributed by atoms with Crippen molar-refractivity contribution in [3.63, 3.8) is 0 Å². The third-order valence-electron chi connectivity index (χ3n) is 11.9. The summed E-state index contributed by atoms with van der Waals surface area (Å²) in [5, 5.41) is 5.55. The number of rotatable bonds is 9. The Labute approximate surface area is 342 Å². The summed E-state index contributed by atoms with van der Waals surface area (Å²) in [5.74, 6) is -5.71. The molecule has 2 aliphatic heterocycles. The molecule has 1 aromatic heterocycles. The highest BCUT2D eigenvalue weighted by molar-refractivity contribution is 7.91. The molecule has 3 N–H and O–H groups in total. The van der Waals surface area contributed by atoms with Crippen molar-refractivity contribution in [2.75, 3.05) is 13.7 Å². The topological polar surface area (TPSA) is 182 Å². The van der Waals surface area contributed by atoms with E-state index in [9.17, 15) is 53.9 Å². The fourth-order valence-corrected chi connectivity index (χ4v) is 9.36. The lowest BCUT2D eigenvalue weighted by atomic mass is 9.88.